The average Bonchev–Trinajstić information content (AvgIpc) is 3.19. The van der Waals surface area contributed by atoms with E-state index in [9.17, 15) is 9.18 Å². The van der Waals surface area contributed by atoms with E-state index in [-0.39, 0.29) is 5.91 Å². The summed E-state index contributed by atoms with van der Waals surface area (Å²) < 4.78 is 19.4. The Morgan fingerprint density at radius 3 is 2.57 bits per heavy atom. The molecule has 0 spiro atoms. The fourth-order valence-electron chi connectivity index (χ4n) is 4.11. The van der Waals surface area contributed by atoms with Crippen LogP contribution in [0.5, 0.6) is 0 Å². The molecule has 160 valence electrons. The Hall–Kier alpha value is -2.31. The molecule has 0 aromatic heterocycles. The summed E-state index contributed by atoms with van der Waals surface area (Å²) in [7, 11) is 0. The van der Waals surface area contributed by atoms with Crippen LogP contribution in [0.4, 0.5) is 15.8 Å². The lowest BCUT2D eigenvalue weighted by Gasteiger charge is -2.31. The summed E-state index contributed by atoms with van der Waals surface area (Å²) in [6, 6.07) is 11.5. The number of hydrogen-bond acceptors (Lipinski definition) is 4. The van der Waals surface area contributed by atoms with Gasteiger partial charge in [0, 0.05) is 43.4 Å². The highest BCUT2D eigenvalue weighted by atomic mass is 35.5. The Morgan fingerprint density at radius 1 is 1.17 bits per heavy atom. The quantitative estimate of drug-likeness (QED) is 0.778. The maximum Gasteiger partial charge on any atom is 0.253 e. The number of halogens is 2. The third kappa shape index (κ3) is 4.71. The Kier molecular flexibility index (Phi) is 6.44. The van der Waals surface area contributed by atoms with Crippen LogP contribution in [0, 0.1) is 6.92 Å². The van der Waals surface area contributed by atoms with E-state index in [1.807, 2.05) is 42.2 Å². The zero-order valence-electron chi connectivity index (χ0n) is 17.2. The average molecular weight is 432 g/mol. The number of rotatable bonds is 5. The zero-order valence-corrected chi connectivity index (χ0v) is 17.9. The van der Waals surface area contributed by atoms with Crippen LogP contribution in [-0.4, -0.2) is 51.5 Å². The lowest BCUT2D eigenvalue weighted by molar-refractivity contribution is 0.0950. The maximum absolute atomic E-state index is 14.0. The Labute approximate surface area is 181 Å². The van der Waals surface area contributed by atoms with Crippen molar-refractivity contribution in [2.75, 3.05) is 49.2 Å². The number of nitrogens with zero attached hydrogens (tertiary/aromatic N) is 2. The van der Waals surface area contributed by atoms with Crippen molar-refractivity contribution in [3.05, 3.63) is 58.1 Å². The van der Waals surface area contributed by atoms with Crippen molar-refractivity contribution < 1.29 is 13.9 Å². The van der Waals surface area contributed by atoms with Crippen molar-refractivity contribution in [2.45, 2.75) is 26.1 Å². The largest absolute Gasteiger partial charge is 0.378 e. The first kappa shape index (κ1) is 20.9. The summed E-state index contributed by atoms with van der Waals surface area (Å²) in [5, 5.41) is 3.68. The summed E-state index contributed by atoms with van der Waals surface area (Å²) in [6.07, 6.45) is -0.366. The van der Waals surface area contributed by atoms with Gasteiger partial charge in [-0.15, -0.1) is 0 Å². The number of carbonyl (C=O) groups is 1. The summed E-state index contributed by atoms with van der Waals surface area (Å²) in [5.74, 6) is -0.145. The van der Waals surface area contributed by atoms with Gasteiger partial charge in [0.1, 0.15) is 6.17 Å². The molecular formula is C23H27ClFN3O2. The summed E-state index contributed by atoms with van der Waals surface area (Å²) in [4.78, 5) is 17.4. The number of carbonyl (C=O) groups excluding carboxylic acids is 1. The molecule has 0 unspecified atom stereocenters. The zero-order chi connectivity index (χ0) is 21.1. The second-order valence-corrected chi connectivity index (χ2v) is 8.33. The van der Waals surface area contributed by atoms with Gasteiger partial charge in [-0.2, -0.15) is 0 Å². The van der Waals surface area contributed by atoms with Gasteiger partial charge in [-0.1, -0.05) is 23.7 Å². The van der Waals surface area contributed by atoms with E-state index in [1.165, 1.54) is 0 Å². The monoisotopic (exact) mass is 431 g/mol. The van der Waals surface area contributed by atoms with Crippen molar-refractivity contribution in [2.24, 2.45) is 0 Å². The van der Waals surface area contributed by atoms with E-state index in [2.05, 4.69) is 16.3 Å². The number of anilines is 2. The third-order valence-corrected chi connectivity index (χ3v) is 5.99. The second-order valence-electron chi connectivity index (χ2n) is 7.90. The number of aryl methyl sites for hydroxylation is 1. The number of hydrogen-bond donors (Lipinski definition) is 1. The molecule has 2 heterocycles. The smallest absolute Gasteiger partial charge is 0.253 e. The van der Waals surface area contributed by atoms with Crippen molar-refractivity contribution >= 4 is 28.9 Å². The lowest BCUT2D eigenvalue weighted by atomic mass is 10.0. The molecular weight excluding hydrogens is 405 g/mol. The maximum atomic E-state index is 14.0. The molecule has 1 N–H and O–H groups in total. The topological polar surface area (TPSA) is 44.8 Å². The van der Waals surface area contributed by atoms with Crippen LogP contribution < -0.4 is 15.1 Å². The summed E-state index contributed by atoms with van der Waals surface area (Å²) in [5.41, 5.74) is 4.36. The van der Waals surface area contributed by atoms with Crippen LogP contribution in [0.15, 0.2) is 36.4 Å². The van der Waals surface area contributed by atoms with Gasteiger partial charge >= 0.3 is 0 Å². The van der Waals surface area contributed by atoms with Gasteiger partial charge in [-0.3, -0.25) is 4.79 Å². The van der Waals surface area contributed by atoms with Gasteiger partial charge in [0.25, 0.3) is 5.91 Å². The molecule has 2 aromatic carbocycles. The van der Waals surface area contributed by atoms with E-state index in [1.54, 1.807) is 0 Å². The van der Waals surface area contributed by atoms with Crippen LogP contribution in [0.2, 0.25) is 5.02 Å². The molecule has 7 heteroatoms. The van der Waals surface area contributed by atoms with Gasteiger partial charge in [0.2, 0.25) is 0 Å². The number of ether oxygens (including phenoxy) is 1. The first-order valence-electron chi connectivity index (χ1n) is 10.4. The first-order valence-corrected chi connectivity index (χ1v) is 10.8. The number of morpholine rings is 1. The van der Waals surface area contributed by atoms with Crippen molar-refractivity contribution in [3.8, 4) is 0 Å². The van der Waals surface area contributed by atoms with Crippen LogP contribution in [-0.2, 0) is 11.3 Å². The molecule has 1 atom stereocenters. The normalized spacial score (nSPS) is 19.2. The van der Waals surface area contributed by atoms with Gasteiger partial charge in [0.15, 0.2) is 0 Å². The molecule has 4 rings (SSSR count). The summed E-state index contributed by atoms with van der Waals surface area (Å²) in [6.45, 7) is 6.30. The third-order valence-electron chi connectivity index (χ3n) is 5.74. The van der Waals surface area contributed by atoms with Crippen LogP contribution in [0.3, 0.4) is 0 Å². The molecule has 0 saturated carbocycles. The van der Waals surface area contributed by atoms with Crippen LogP contribution in [0.25, 0.3) is 0 Å². The Morgan fingerprint density at radius 2 is 1.90 bits per heavy atom. The SMILES string of the molecule is Cc1cc(N2CCOCC2)cc(N2CC[C@@H](F)C2)c1C(=O)NCc1ccc(Cl)cc1. The number of nitrogens with one attached hydrogen (secondary N) is 1. The van der Waals surface area contributed by atoms with Gasteiger partial charge in [-0.25, -0.2) is 4.39 Å². The molecule has 5 nitrogen and oxygen atoms in total. The Bertz CT molecular complexity index is 900. The highest BCUT2D eigenvalue weighted by Gasteiger charge is 2.28. The molecule has 2 saturated heterocycles. The van der Waals surface area contributed by atoms with Crippen molar-refractivity contribution in [1.82, 2.24) is 5.32 Å². The van der Waals surface area contributed by atoms with Crippen molar-refractivity contribution in [3.63, 3.8) is 0 Å². The van der Waals surface area contributed by atoms with E-state index < -0.39 is 6.17 Å². The molecule has 0 radical (unpaired) electrons. The van der Waals surface area contributed by atoms with Gasteiger partial charge in [-0.05, 0) is 48.7 Å². The molecule has 0 bridgehead atoms. The number of alkyl halides is 1. The predicted molar refractivity (Wildman–Crippen MR) is 119 cm³/mol. The van der Waals surface area contributed by atoms with Gasteiger partial charge in [0.05, 0.1) is 24.5 Å². The minimum atomic E-state index is -0.859. The second kappa shape index (κ2) is 9.23. The summed E-state index contributed by atoms with van der Waals surface area (Å²) >= 11 is 5.94. The first-order chi connectivity index (χ1) is 14.5. The van der Waals surface area contributed by atoms with Crippen LogP contribution in [0.1, 0.15) is 27.9 Å². The van der Waals surface area contributed by atoms with Crippen LogP contribution >= 0.6 is 11.6 Å². The predicted octanol–water partition coefficient (Wildman–Crippen LogP) is 3.96. The van der Waals surface area contributed by atoms with E-state index in [0.29, 0.717) is 49.9 Å². The van der Waals surface area contributed by atoms with Gasteiger partial charge < -0.3 is 19.9 Å². The number of amides is 1. The molecule has 2 aliphatic heterocycles. The minimum absolute atomic E-state index is 0.145. The number of benzene rings is 2. The fourth-order valence-corrected chi connectivity index (χ4v) is 4.23. The molecule has 30 heavy (non-hydrogen) atoms. The van der Waals surface area contributed by atoms with E-state index in [0.717, 1.165) is 35.6 Å². The van der Waals surface area contributed by atoms with E-state index >= 15 is 0 Å². The standard InChI is InChI=1S/C23H27ClFN3O2/c1-16-12-20(27-8-10-30-11-9-27)13-21(28-7-6-19(25)15-28)22(16)23(29)26-14-17-2-4-18(24)5-3-17/h2-5,12-13,19H,6-11,14-15H2,1H3,(H,26,29)/t19-/m1/s1. The molecule has 2 fully saturated rings. The molecule has 1 amide bonds. The molecule has 2 aliphatic rings. The van der Waals surface area contributed by atoms with E-state index in [4.69, 9.17) is 16.3 Å². The Balaban J connectivity index is 1.61. The highest BCUT2D eigenvalue weighted by Crippen LogP contribution is 2.33. The fraction of sp³-hybridized carbons (Fsp3) is 0.435. The lowest BCUT2D eigenvalue weighted by Crippen LogP contribution is -2.36. The minimum Gasteiger partial charge on any atom is -0.378 e. The van der Waals surface area contributed by atoms with Crippen molar-refractivity contribution in [1.29, 1.82) is 0 Å². The highest BCUT2D eigenvalue weighted by molar-refractivity contribution is 6.30. The molecule has 0 aliphatic carbocycles. The molecule has 2 aromatic rings.